The predicted molar refractivity (Wildman–Crippen MR) is 111 cm³/mol. The van der Waals surface area contributed by atoms with Crippen molar-refractivity contribution in [2.24, 2.45) is 5.16 Å². The maximum absolute atomic E-state index is 5.50. The van der Waals surface area contributed by atoms with E-state index in [1.165, 1.54) is 5.56 Å². The van der Waals surface area contributed by atoms with E-state index < -0.39 is 0 Å². The molecule has 0 saturated heterocycles. The minimum atomic E-state index is 0.697. The van der Waals surface area contributed by atoms with Crippen molar-refractivity contribution >= 4 is 5.71 Å². The molecule has 2 aromatic carbocycles. The maximum atomic E-state index is 5.50. The first-order valence-electron chi connectivity index (χ1n) is 9.34. The van der Waals surface area contributed by atoms with Gasteiger partial charge in [-0.25, -0.2) is 0 Å². The molecular formula is C23H28N2O2. The predicted octanol–water partition coefficient (Wildman–Crippen LogP) is 5.76. The van der Waals surface area contributed by atoms with Gasteiger partial charge in [0.1, 0.15) is 5.76 Å². The molecule has 0 atom stereocenters. The number of nitrogens with zero attached hydrogens (tertiary/aromatic N) is 2. The average molecular weight is 364 g/mol. The molecule has 142 valence electrons. The summed E-state index contributed by atoms with van der Waals surface area (Å²) in [5, 5.41) is 4.25. The number of hydrogen-bond acceptors (Lipinski definition) is 4. The quantitative estimate of drug-likeness (QED) is 0.376. The Morgan fingerprint density at radius 3 is 2.19 bits per heavy atom. The Morgan fingerprint density at radius 2 is 1.56 bits per heavy atom. The Morgan fingerprint density at radius 1 is 0.889 bits per heavy atom. The van der Waals surface area contributed by atoms with Gasteiger partial charge in [-0.2, -0.15) is 0 Å². The zero-order valence-corrected chi connectivity index (χ0v) is 16.3. The van der Waals surface area contributed by atoms with E-state index >= 15 is 0 Å². The summed E-state index contributed by atoms with van der Waals surface area (Å²) in [7, 11) is 0. The lowest BCUT2D eigenvalue weighted by Crippen LogP contribution is -2.28. The van der Waals surface area contributed by atoms with Gasteiger partial charge in [-0.3, -0.25) is 4.90 Å². The Labute approximate surface area is 162 Å². The molecule has 0 unspecified atom stereocenters. The van der Waals surface area contributed by atoms with E-state index in [0.717, 1.165) is 30.3 Å². The van der Waals surface area contributed by atoms with Gasteiger partial charge in [-0.05, 0) is 36.8 Å². The van der Waals surface area contributed by atoms with E-state index in [9.17, 15) is 0 Å². The smallest absolute Gasteiger partial charge is 0.157 e. The zero-order chi connectivity index (χ0) is 19.3. The minimum absolute atomic E-state index is 0.697. The molecular weight excluding hydrogens is 336 g/mol. The molecule has 0 aliphatic heterocycles. The van der Waals surface area contributed by atoms with Crippen LogP contribution in [0.15, 0.2) is 88.6 Å². The molecule has 3 rings (SSSR count). The van der Waals surface area contributed by atoms with Gasteiger partial charge in [0.15, 0.2) is 5.75 Å². The van der Waals surface area contributed by atoms with Crippen molar-refractivity contribution < 1.29 is 9.25 Å². The van der Waals surface area contributed by atoms with Crippen molar-refractivity contribution in [1.82, 2.24) is 4.90 Å². The zero-order valence-electron chi connectivity index (χ0n) is 16.3. The van der Waals surface area contributed by atoms with E-state index in [1.54, 1.807) is 6.26 Å². The van der Waals surface area contributed by atoms with E-state index in [1.807, 2.05) is 69.3 Å². The monoisotopic (exact) mass is 364 g/mol. The number of furan rings is 1. The van der Waals surface area contributed by atoms with Gasteiger partial charge in [0.05, 0.1) is 18.5 Å². The fourth-order valence-electron chi connectivity index (χ4n) is 2.60. The Hall–Kier alpha value is -2.85. The number of benzene rings is 2. The molecule has 3 aromatic rings. The third-order valence-corrected chi connectivity index (χ3v) is 3.71. The highest BCUT2D eigenvalue weighted by Crippen LogP contribution is 2.12. The van der Waals surface area contributed by atoms with Gasteiger partial charge >= 0.3 is 0 Å². The van der Waals surface area contributed by atoms with E-state index in [2.05, 4.69) is 34.3 Å². The molecule has 0 amide bonds. The van der Waals surface area contributed by atoms with Crippen LogP contribution in [-0.4, -0.2) is 17.2 Å². The van der Waals surface area contributed by atoms with Crippen molar-refractivity contribution in [3.05, 3.63) is 90.4 Å². The van der Waals surface area contributed by atoms with Gasteiger partial charge in [-0.1, -0.05) is 67.5 Å². The summed E-state index contributed by atoms with van der Waals surface area (Å²) in [6, 6.07) is 23.9. The first kappa shape index (κ1) is 20.5. The van der Waals surface area contributed by atoms with Crippen LogP contribution in [0.25, 0.3) is 0 Å². The first-order chi connectivity index (χ1) is 13.3. The Kier molecular flexibility index (Phi) is 8.87. The topological polar surface area (TPSA) is 38.0 Å². The van der Waals surface area contributed by atoms with Crippen LogP contribution in [0.4, 0.5) is 0 Å². The molecule has 27 heavy (non-hydrogen) atoms. The summed E-state index contributed by atoms with van der Waals surface area (Å²) in [5.74, 6) is 1.68. The van der Waals surface area contributed by atoms with Gasteiger partial charge in [-0.15, -0.1) is 0 Å². The highest BCUT2D eigenvalue weighted by Gasteiger charge is 2.11. The molecule has 4 heteroatoms. The lowest BCUT2D eigenvalue weighted by atomic mass is 10.2. The standard InChI is InChI=1S/C21H22N2O2.C2H6/c1-18(22-25-20-11-6-3-7-12-20)15-23(17-21-13-8-14-24-21)16-19-9-4-2-5-10-19;1-2/h2-14H,15-17H2,1H3;1-2H3/b22-18+;. The van der Waals surface area contributed by atoms with Gasteiger partial charge in [0, 0.05) is 13.1 Å². The third kappa shape index (κ3) is 7.50. The number of hydrogen-bond donors (Lipinski definition) is 0. The van der Waals surface area contributed by atoms with Gasteiger partial charge < -0.3 is 9.25 Å². The fraction of sp³-hybridized carbons (Fsp3) is 0.261. The van der Waals surface area contributed by atoms with Gasteiger partial charge in [0.25, 0.3) is 0 Å². The maximum Gasteiger partial charge on any atom is 0.157 e. The van der Waals surface area contributed by atoms with Crippen LogP contribution < -0.4 is 4.84 Å². The molecule has 0 N–H and O–H groups in total. The summed E-state index contributed by atoms with van der Waals surface area (Å²) in [6.07, 6.45) is 1.70. The largest absolute Gasteiger partial charge is 0.468 e. The normalized spacial score (nSPS) is 11.0. The Bertz CT molecular complexity index is 769. The molecule has 0 spiro atoms. The molecule has 4 nitrogen and oxygen atoms in total. The van der Waals surface area contributed by atoms with Crippen LogP contribution in [0.2, 0.25) is 0 Å². The lowest BCUT2D eigenvalue weighted by molar-refractivity contribution is 0.262. The lowest BCUT2D eigenvalue weighted by Gasteiger charge is -2.21. The van der Waals surface area contributed by atoms with Crippen LogP contribution >= 0.6 is 0 Å². The van der Waals surface area contributed by atoms with Crippen molar-refractivity contribution in [3.63, 3.8) is 0 Å². The third-order valence-electron chi connectivity index (χ3n) is 3.71. The average Bonchev–Trinajstić information content (AvgIpc) is 3.22. The van der Waals surface area contributed by atoms with Gasteiger partial charge in [0.2, 0.25) is 0 Å². The van der Waals surface area contributed by atoms with E-state index in [4.69, 9.17) is 9.25 Å². The SMILES string of the molecule is C/C(CN(Cc1ccccc1)Cc1ccco1)=N\Oc1ccccc1.CC. The molecule has 0 fully saturated rings. The van der Waals surface area contributed by atoms with Crippen molar-refractivity contribution in [3.8, 4) is 5.75 Å². The van der Waals surface area contributed by atoms with Crippen molar-refractivity contribution in [2.75, 3.05) is 6.54 Å². The molecule has 1 heterocycles. The van der Waals surface area contributed by atoms with Crippen molar-refractivity contribution in [1.29, 1.82) is 0 Å². The van der Waals surface area contributed by atoms with Crippen LogP contribution in [0.3, 0.4) is 0 Å². The fourth-order valence-corrected chi connectivity index (χ4v) is 2.60. The van der Waals surface area contributed by atoms with E-state index in [-0.39, 0.29) is 0 Å². The minimum Gasteiger partial charge on any atom is -0.468 e. The molecule has 0 saturated carbocycles. The van der Waals surface area contributed by atoms with Crippen LogP contribution in [0.5, 0.6) is 5.75 Å². The summed E-state index contributed by atoms with van der Waals surface area (Å²) in [5.41, 5.74) is 2.16. The number of oxime groups is 1. The second-order valence-electron chi connectivity index (χ2n) is 5.94. The van der Waals surface area contributed by atoms with Crippen LogP contribution in [0.1, 0.15) is 32.1 Å². The second kappa shape index (κ2) is 11.7. The van der Waals surface area contributed by atoms with Crippen LogP contribution in [-0.2, 0) is 13.1 Å². The summed E-state index contributed by atoms with van der Waals surface area (Å²) < 4.78 is 5.50. The summed E-state index contributed by atoms with van der Waals surface area (Å²) in [6.45, 7) is 8.21. The molecule has 1 aromatic heterocycles. The Balaban J connectivity index is 0.00000126. The molecule has 0 radical (unpaired) electrons. The van der Waals surface area contributed by atoms with Crippen LogP contribution in [0, 0.1) is 0 Å². The second-order valence-corrected chi connectivity index (χ2v) is 5.94. The number of para-hydroxylation sites is 1. The van der Waals surface area contributed by atoms with Crippen molar-refractivity contribution in [2.45, 2.75) is 33.9 Å². The molecule has 0 bridgehead atoms. The molecule has 0 aliphatic carbocycles. The summed E-state index contributed by atoms with van der Waals surface area (Å²) >= 11 is 0. The number of rotatable bonds is 8. The van der Waals surface area contributed by atoms with E-state index in [0.29, 0.717) is 6.54 Å². The highest BCUT2D eigenvalue weighted by atomic mass is 16.6. The first-order valence-corrected chi connectivity index (χ1v) is 9.34. The summed E-state index contributed by atoms with van der Waals surface area (Å²) in [4.78, 5) is 7.77. The molecule has 0 aliphatic rings. The highest BCUT2D eigenvalue weighted by molar-refractivity contribution is 5.83.